The molecule has 0 radical (unpaired) electrons. The van der Waals surface area contributed by atoms with Crippen LogP contribution in [0.4, 0.5) is 34.1 Å². The molecule has 0 saturated carbocycles. The molecular formula is C56H50N2. The highest BCUT2D eigenvalue weighted by molar-refractivity contribution is 6.10. The number of anilines is 6. The predicted molar refractivity (Wildman–Crippen MR) is 252 cm³/mol. The Morgan fingerprint density at radius 1 is 0.276 bits per heavy atom. The summed E-state index contributed by atoms with van der Waals surface area (Å²) < 4.78 is 0. The first-order chi connectivity index (χ1) is 28.2. The van der Waals surface area contributed by atoms with E-state index in [4.69, 9.17) is 0 Å². The van der Waals surface area contributed by atoms with Gasteiger partial charge in [-0.3, -0.25) is 0 Å². The van der Waals surface area contributed by atoms with Crippen molar-refractivity contribution in [3.63, 3.8) is 0 Å². The SMILES string of the molecule is Cc1ccc(C=Cc2ccc(N(c3ccc(C)cc3)c3c(C)c(C)c(N(c4ccc(C)cc4)c4ccc(C=Cc5ccc(C)cc5)cc4)c4ccccc34)cc2)cc1. The molecule has 0 aliphatic rings. The molecule has 284 valence electrons. The van der Waals surface area contributed by atoms with E-state index >= 15 is 0 Å². The number of rotatable bonds is 10. The van der Waals surface area contributed by atoms with E-state index in [0.717, 1.165) is 33.9 Å². The molecule has 0 bridgehead atoms. The van der Waals surface area contributed by atoms with E-state index in [1.165, 1.54) is 66.7 Å². The molecule has 0 aliphatic heterocycles. The van der Waals surface area contributed by atoms with Crippen LogP contribution in [0.1, 0.15) is 55.6 Å². The van der Waals surface area contributed by atoms with Crippen LogP contribution in [-0.2, 0) is 0 Å². The molecule has 8 aromatic rings. The molecule has 0 amide bonds. The molecule has 58 heavy (non-hydrogen) atoms. The summed E-state index contributed by atoms with van der Waals surface area (Å²) in [5, 5.41) is 2.39. The summed E-state index contributed by atoms with van der Waals surface area (Å²) in [6.07, 6.45) is 8.75. The lowest BCUT2D eigenvalue weighted by Crippen LogP contribution is -2.16. The van der Waals surface area contributed by atoms with Gasteiger partial charge in [0.05, 0.1) is 11.4 Å². The van der Waals surface area contributed by atoms with Crippen LogP contribution >= 0.6 is 0 Å². The highest BCUT2D eigenvalue weighted by atomic mass is 15.2. The lowest BCUT2D eigenvalue weighted by atomic mass is 9.94. The first-order valence-corrected chi connectivity index (χ1v) is 20.2. The molecule has 8 aromatic carbocycles. The normalized spacial score (nSPS) is 11.5. The van der Waals surface area contributed by atoms with Gasteiger partial charge in [-0.25, -0.2) is 0 Å². The van der Waals surface area contributed by atoms with Gasteiger partial charge >= 0.3 is 0 Å². The predicted octanol–water partition coefficient (Wildman–Crippen LogP) is 16.0. The first-order valence-electron chi connectivity index (χ1n) is 20.2. The Bertz CT molecular complexity index is 2520. The van der Waals surface area contributed by atoms with Crippen LogP contribution in [-0.4, -0.2) is 0 Å². The molecule has 0 heterocycles. The van der Waals surface area contributed by atoms with Gasteiger partial charge in [0.25, 0.3) is 0 Å². The largest absolute Gasteiger partial charge is 0.310 e. The molecule has 0 atom stereocenters. The minimum absolute atomic E-state index is 1.11. The molecular weight excluding hydrogens is 701 g/mol. The van der Waals surface area contributed by atoms with E-state index < -0.39 is 0 Å². The maximum atomic E-state index is 2.44. The van der Waals surface area contributed by atoms with Crippen molar-refractivity contribution in [1.82, 2.24) is 0 Å². The Morgan fingerprint density at radius 2 is 0.500 bits per heavy atom. The summed E-state index contributed by atoms with van der Waals surface area (Å²) in [6, 6.07) is 61.9. The van der Waals surface area contributed by atoms with Crippen molar-refractivity contribution in [3.8, 4) is 0 Å². The van der Waals surface area contributed by atoms with Crippen molar-refractivity contribution in [1.29, 1.82) is 0 Å². The minimum Gasteiger partial charge on any atom is -0.310 e. The standard InChI is InChI=1S/C56H50N2/c1-39-11-19-45(20-12-39)23-25-47-27-35-51(36-28-47)57(49-31-15-41(3)16-32-49)55-43(5)44(6)56(54-10-8-7-9-53(54)55)58(50-33-17-42(4)18-34-50)52-37-29-48(30-38-52)26-24-46-21-13-40(2)14-22-46/h7-38H,1-6H3. The molecule has 2 nitrogen and oxygen atoms in total. The second-order valence-corrected chi connectivity index (χ2v) is 15.5. The number of benzene rings is 8. The van der Waals surface area contributed by atoms with Gasteiger partial charge in [0, 0.05) is 33.5 Å². The number of aryl methyl sites for hydroxylation is 4. The van der Waals surface area contributed by atoms with Gasteiger partial charge in [0.2, 0.25) is 0 Å². The van der Waals surface area contributed by atoms with Gasteiger partial charge in [-0.05, 0) is 123 Å². The summed E-state index contributed by atoms with van der Waals surface area (Å²) in [5.74, 6) is 0. The smallest absolute Gasteiger partial charge is 0.0573 e. The number of hydrogen-bond donors (Lipinski definition) is 0. The Hall–Kier alpha value is -6.90. The maximum absolute atomic E-state index is 2.44. The van der Waals surface area contributed by atoms with Crippen molar-refractivity contribution in [2.45, 2.75) is 41.5 Å². The van der Waals surface area contributed by atoms with E-state index in [1.807, 2.05) is 0 Å². The Kier molecular flexibility index (Phi) is 10.9. The van der Waals surface area contributed by atoms with Crippen molar-refractivity contribution in [2.75, 3.05) is 9.80 Å². The molecule has 0 aromatic heterocycles. The van der Waals surface area contributed by atoms with Crippen molar-refractivity contribution < 1.29 is 0 Å². The molecule has 0 fully saturated rings. The van der Waals surface area contributed by atoms with Crippen LogP contribution in [0.2, 0.25) is 0 Å². The highest BCUT2D eigenvalue weighted by Gasteiger charge is 2.25. The van der Waals surface area contributed by atoms with E-state index in [-0.39, 0.29) is 0 Å². The van der Waals surface area contributed by atoms with Crippen LogP contribution in [0.3, 0.4) is 0 Å². The Morgan fingerprint density at radius 3 is 0.776 bits per heavy atom. The van der Waals surface area contributed by atoms with Crippen LogP contribution < -0.4 is 9.80 Å². The lowest BCUT2D eigenvalue weighted by Gasteiger charge is -2.34. The van der Waals surface area contributed by atoms with Gasteiger partial charge in [0.1, 0.15) is 0 Å². The van der Waals surface area contributed by atoms with Gasteiger partial charge in [0.15, 0.2) is 0 Å². The van der Waals surface area contributed by atoms with Crippen LogP contribution in [0.5, 0.6) is 0 Å². The molecule has 0 aliphatic carbocycles. The average molecular weight is 751 g/mol. The molecule has 0 N–H and O–H groups in total. The third-order valence-electron chi connectivity index (χ3n) is 11.1. The van der Waals surface area contributed by atoms with Crippen LogP contribution in [0, 0.1) is 41.5 Å². The van der Waals surface area contributed by atoms with E-state index in [9.17, 15) is 0 Å². The van der Waals surface area contributed by atoms with Gasteiger partial charge in [-0.1, -0.05) is 168 Å². The highest BCUT2D eigenvalue weighted by Crippen LogP contribution is 2.49. The molecule has 0 unspecified atom stereocenters. The second-order valence-electron chi connectivity index (χ2n) is 15.5. The fourth-order valence-electron chi connectivity index (χ4n) is 7.64. The fraction of sp³-hybridized carbons (Fsp3) is 0.107. The maximum Gasteiger partial charge on any atom is 0.0573 e. The van der Waals surface area contributed by atoms with Crippen LogP contribution in [0.15, 0.2) is 170 Å². The van der Waals surface area contributed by atoms with Crippen molar-refractivity contribution in [2.24, 2.45) is 0 Å². The summed E-state index contributed by atoms with van der Waals surface area (Å²) in [6.45, 7) is 13.1. The quantitative estimate of drug-likeness (QED) is 0.128. The lowest BCUT2D eigenvalue weighted by molar-refractivity contribution is 1.21. The zero-order valence-electron chi connectivity index (χ0n) is 34.4. The van der Waals surface area contributed by atoms with E-state index in [0.29, 0.717) is 0 Å². The van der Waals surface area contributed by atoms with Crippen molar-refractivity contribution in [3.05, 3.63) is 225 Å². The topological polar surface area (TPSA) is 6.48 Å². The number of hydrogen-bond acceptors (Lipinski definition) is 2. The fourth-order valence-corrected chi connectivity index (χ4v) is 7.64. The summed E-state index contributed by atoms with van der Waals surface area (Å²) in [5.41, 5.74) is 19.0. The number of nitrogens with zero attached hydrogens (tertiary/aromatic N) is 2. The monoisotopic (exact) mass is 750 g/mol. The number of fused-ring (bicyclic) bond motifs is 1. The Labute approximate surface area is 344 Å². The molecule has 0 saturated heterocycles. The zero-order valence-corrected chi connectivity index (χ0v) is 34.4. The average Bonchev–Trinajstić information content (AvgIpc) is 3.25. The van der Waals surface area contributed by atoms with Crippen LogP contribution in [0.25, 0.3) is 35.1 Å². The minimum atomic E-state index is 1.11. The second kappa shape index (κ2) is 16.7. The van der Waals surface area contributed by atoms with Gasteiger partial charge < -0.3 is 9.80 Å². The third-order valence-corrected chi connectivity index (χ3v) is 11.1. The summed E-state index contributed by atoms with van der Waals surface area (Å²) in [7, 11) is 0. The summed E-state index contributed by atoms with van der Waals surface area (Å²) >= 11 is 0. The summed E-state index contributed by atoms with van der Waals surface area (Å²) in [4.78, 5) is 4.87. The molecule has 0 spiro atoms. The molecule has 2 heteroatoms. The van der Waals surface area contributed by atoms with E-state index in [1.54, 1.807) is 0 Å². The Balaban J connectivity index is 1.25. The van der Waals surface area contributed by atoms with Gasteiger partial charge in [-0.15, -0.1) is 0 Å². The van der Waals surface area contributed by atoms with Gasteiger partial charge in [-0.2, -0.15) is 0 Å². The molecule has 8 rings (SSSR count). The van der Waals surface area contributed by atoms with Crippen molar-refractivity contribution >= 4 is 69.2 Å². The van der Waals surface area contributed by atoms with E-state index in [2.05, 4.69) is 246 Å². The first kappa shape index (κ1) is 38.0. The zero-order chi connectivity index (χ0) is 40.2. The third kappa shape index (κ3) is 8.14.